The Hall–Kier alpha value is -0.603. The molecule has 0 aromatic heterocycles. The third-order valence-electron chi connectivity index (χ3n) is 2.99. The lowest BCUT2D eigenvalue weighted by molar-refractivity contribution is 0.688. The summed E-state index contributed by atoms with van der Waals surface area (Å²) in [5.74, 6) is 0. The minimum absolute atomic E-state index is 0.807. The fourth-order valence-electron chi connectivity index (χ4n) is 1.67. The van der Waals surface area contributed by atoms with E-state index >= 15 is 0 Å². The molecule has 0 atom stereocenters. The molecule has 1 fully saturated rings. The molecular formula is C13H21NSi. The quantitative estimate of drug-likeness (QED) is 0.767. The summed E-state index contributed by atoms with van der Waals surface area (Å²) in [7, 11) is -1.11. The van der Waals surface area contributed by atoms with Gasteiger partial charge in [0.2, 0.25) is 0 Å². The fourth-order valence-corrected chi connectivity index (χ4v) is 2.84. The van der Waals surface area contributed by atoms with Crippen LogP contribution in [0.2, 0.25) is 19.6 Å². The molecule has 0 saturated heterocycles. The van der Waals surface area contributed by atoms with Crippen LogP contribution in [0.1, 0.15) is 18.4 Å². The maximum Gasteiger partial charge on any atom is 0.0775 e. The van der Waals surface area contributed by atoms with Gasteiger partial charge in [-0.05, 0) is 18.4 Å². The maximum atomic E-state index is 3.54. The zero-order valence-corrected chi connectivity index (χ0v) is 11.0. The van der Waals surface area contributed by atoms with E-state index in [-0.39, 0.29) is 0 Å². The number of rotatable bonds is 4. The smallest absolute Gasteiger partial charge is 0.0775 e. The van der Waals surface area contributed by atoms with Crippen molar-refractivity contribution < 1.29 is 0 Å². The van der Waals surface area contributed by atoms with Crippen LogP contribution in [0.15, 0.2) is 24.3 Å². The second-order valence-corrected chi connectivity index (χ2v) is 10.7. The Kier molecular flexibility index (Phi) is 2.98. The first-order chi connectivity index (χ1) is 7.05. The molecule has 0 amide bonds. The minimum atomic E-state index is -1.11. The highest BCUT2D eigenvalue weighted by molar-refractivity contribution is 6.88. The monoisotopic (exact) mass is 219 g/mol. The van der Waals surface area contributed by atoms with Gasteiger partial charge in [-0.1, -0.05) is 49.1 Å². The third-order valence-corrected chi connectivity index (χ3v) is 5.06. The largest absolute Gasteiger partial charge is 0.310 e. The summed E-state index contributed by atoms with van der Waals surface area (Å²) in [6.45, 7) is 8.22. The minimum Gasteiger partial charge on any atom is -0.310 e. The van der Waals surface area contributed by atoms with Crippen LogP contribution in [0, 0.1) is 0 Å². The molecule has 2 rings (SSSR count). The average Bonchev–Trinajstić information content (AvgIpc) is 2.97. The van der Waals surface area contributed by atoms with Crippen LogP contribution in [0.4, 0.5) is 0 Å². The van der Waals surface area contributed by atoms with E-state index in [4.69, 9.17) is 0 Å². The molecule has 2 heteroatoms. The summed E-state index contributed by atoms with van der Waals surface area (Å²) in [6.07, 6.45) is 2.74. The summed E-state index contributed by atoms with van der Waals surface area (Å²) in [4.78, 5) is 0. The van der Waals surface area contributed by atoms with Gasteiger partial charge in [-0.15, -0.1) is 0 Å². The predicted molar refractivity (Wildman–Crippen MR) is 69.3 cm³/mol. The number of benzene rings is 1. The van der Waals surface area contributed by atoms with Crippen LogP contribution < -0.4 is 10.5 Å². The van der Waals surface area contributed by atoms with Crippen molar-refractivity contribution >= 4 is 13.3 Å². The van der Waals surface area contributed by atoms with Crippen LogP contribution in [0.3, 0.4) is 0 Å². The Morgan fingerprint density at radius 1 is 1.13 bits per heavy atom. The predicted octanol–water partition coefficient (Wildman–Crippen LogP) is 2.48. The lowest BCUT2D eigenvalue weighted by Gasteiger charge is -2.16. The Morgan fingerprint density at radius 2 is 1.73 bits per heavy atom. The van der Waals surface area contributed by atoms with Crippen molar-refractivity contribution in [2.75, 3.05) is 0 Å². The van der Waals surface area contributed by atoms with Gasteiger partial charge in [-0.25, -0.2) is 0 Å². The molecule has 0 heterocycles. The zero-order valence-electron chi connectivity index (χ0n) is 10.0. The highest BCUT2D eigenvalue weighted by atomic mass is 28.3. The first-order valence-corrected chi connectivity index (χ1v) is 9.38. The molecular weight excluding hydrogens is 198 g/mol. The van der Waals surface area contributed by atoms with Gasteiger partial charge in [0.1, 0.15) is 0 Å². The highest BCUT2D eigenvalue weighted by Crippen LogP contribution is 2.19. The van der Waals surface area contributed by atoms with Crippen molar-refractivity contribution in [3.63, 3.8) is 0 Å². The standard InChI is InChI=1S/C13H21NSi/c1-15(2,3)13-8-4-11(5-9-13)10-14-12-6-7-12/h4-5,8-9,12,14H,6-7,10H2,1-3H3. The van der Waals surface area contributed by atoms with E-state index in [1.807, 2.05) is 0 Å². The highest BCUT2D eigenvalue weighted by Gasteiger charge is 2.20. The summed E-state index contributed by atoms with van der Waals surface area (Å²) in [5.41, 5.74) is 1.42. The molecule has 0 aliphatic heterocycles. The molecule has 1 aliphatic rings. The van der Waals surface area contributed by atoms with Crippen molar-refractivity contribution in [2.24, 2.45) is 0 Å². The second kappa shape index (κ2) is 4.10. The van der Waals surface area contributed by atoms with Gasteiger partial charge in [-0.2, -0.15) is 0 Å². The third kappa shape index (κ3) is 3.18. The Balaban J connectivity index is 1.96. The van der Waals surface area contributed by atoms with Gasteiger partial charge in [0, 0.05) is 12.6 Å². The number of nitrogens with one attached hydrogen (secondary N) is 1. The van der Waals surface area contributed by atoms with Crippen molar-refractivity contribution in [3.05, 3.63) is 29.8 Å². The van der Waals surface area contributed by atoms with Crippen molar-refractivity contribution in [3.8, 4) is 0 Å². The van der Waals surface area contributed by atoms with Gasteiger partial charge >= 0.3 is 0 Å². The van der Waals surface area contributed by atoms with Gasteiger partial charge in [0.15, 0.2) is 0 Å². The molecule has 1 N–H and O–H groups in total. The molecule has 1 saturated carbocycles. The topological polar surface area (TPSA) is 12.0 Å². The molecule has 0 unspecified atom stereocenters. The van der Waals surface area contributed by atoms with E-state index in [1.54, 1.807) is 5.19 Å². The SMILES string of the molecule is C[Si](C)(C)c1ccc(CNC2CC2)cc1. The molecule has 15 heavy (non-hydrogen) atoms. The normalized spacial score (nSPS) is 16.7. The van der Waals surface area contributed by atoms with E-state index in [0.717, 1.165) is 12.6 Å². The number of hydrogen-bond acceptors (Lipinski definition) is 1. The molecule has 0 spiro atoms. The van der Waals surface area contributed by atoms with Crippen LogP contribution in [0.5, 0.6) is 0 Å². The molecule has 1 aromatic carbocycles. The second-order valence-electron chi connectivity index (χ2n) is 5.60. The summed E-state index contributed by atoms with van der Waals surface area (Å²) in [5, 5.41) is 5.10. The molecule has 1 aliphatic carbocycles. The fraction of sp³-hybridized carbons (Fsp3) is 0.538. The van der Waals surface area contributed by atoms with Gasteiger partial charge in [0.05, 0.1) is 8.07 Å². The van der Waals surface area contributed by atoms with E-state index < -0.39 is 8.07 Å². The van der Waals surface area contributed by atoms with E-state index in [0.29, 0.717) is 0 Å². The molecule has 1 aromatic rings. The van der Waals surface area contributed by atoms with Crippen LogP contribution in [0.25, 0.3) is 0 Å². The Bertz CT molecular complexity index is 319. The van der Waals surface area contributed by atoms with E-state index in [2.05, 4.69) is 49.2 Å². The van der Waals surface area contributed by atoms with Crippen molar-refractivity contribution in [1.29, 1.82) is 0 Å². The lowest BCUT2D eigenvalue weighted by Crippen LogP contribution is -2.37. The van der Waals surface area contributed by atoms with Crippen molar-refractivity contribution in [1.82, 2.24) is 5.32 Å². The summed E-state index contributed by atoms with van der Waals surface area (Å²) >= 11 is 0. The van der Waals surface area contributed by atoms with Crippen LogP contribution >= 0.6 is 0 Å². The summed E-state index contributed by atoms with van der Waals surface area (Å²) < 4.78 is 0. The lowest BCUT2D eigenvalue weighted by atomic mass is 10.2. The van der Waals surface area contributed by atoms with Gasteiger partial charge < -0.3 is 5.32 Å². The van der Waals surface area contributed by atoms with E-state index in [1.165, 1.54) is 18.4 Å². The molecule has 0 bridgehead atoms. The average molecular weight is 219 g/mol. The molecule has 82 valence electrons. The number of hydrogen-bond donors (Lipinski definition) is 1. The molecule has 0 radical (unpaired) electrons. The van der Waals surface area contributed by atoms with Gasteiger partial charge in [-0.3, -0.25) is 0 Å². The first-order valence-electron chi connectivity index (χ1n) is 5.88. The summed E-state index contributed by atoms with van der Waals surface area (Å²) in [6, 6.07) is 10.00. The Morgan fingerprint density at radius 3 is 2.20 bits per heavy atom. The maximum absolute atomic E-state index is 3.54. The molecule has 1 nitrogen and oxygen atoms in total. The van der Waals surface area contributed by atoms with Crippen molar-refractivity contribution in [2.45, 2.75) is 45.1 Å². The van der Waals surface area contributed by atoms with Crippen LogP contribution in [-0.4, -0.2) is 14.1 Å². The van der Waals surface area contributed by atoms with E-state index in [9.17, 15) is 0 Å². The zero-order chi connectivity index (χ0) is 10.9. The first kappa shape index (κ1) is 10.9. The van der Waals surface area contributed by atoms with Crippen LogP contribution in [-0.2, 0) is 6.54 Å². The van der Waals surface area contributed by atoms with Gasteiger partial charge in [0.25, 0.3) is 0 Å². The Labute approximate surface area is 93.9 Å².